The fourth-order valence-electron chi connectivity index (χ4n) is 3.09. The van der Waals surface area contributed by atoms with E-state index in [4.69, 9.17) is 9.15 Å². The number of rotatable bonds is 2. The molecule has 5 heteroatoms. The van der Waals surface area contributed by atoms with Gasteiger partial charge in [0, 0.05) is 30.6 Å². The maximum atomic E-state index is 11.6. The number of hydrogen-bond acceptors (Lipinski definition) is 4. The molecular formula is C17H18N2O3. The summed E-state index contributed by atoms with van der Waals surface area (Å²) in [5.41, 5.74) is 2.84. The van der Waals surface area contributed by atoms with Crippen LogP contribution in [0.25, 0.3) is 16.7 Å². The fraction of sp³-hybridized carbons (Fsp3) is 0.353. The highest BCUT2D eigenvalue weighted by Gasteiger charge is 2.26. The van der Waals surface area contributed by atoms with Crippen molar-refractivity contribution in [2.45, 2.75) is 12.8 Å². The molecule has 0 spiro atoms. The molecule has 1 amide bonds. The number of amides is 1. The lowest BCUT2D eigenvalue weighted by molar-refractivity contribution is -0.118. The number of allylic oxidation sites excluding steroid dienone is 1. The highest BCUT2D eigenvalue weighted by atomic mass is 16.5. The normalized spacial score (nSPS) is 21.3. The molecule has 0 atom stereocenters. The third-order valence-corrected chi connectivity index (χ3v) is 4.16. The molecule has 5 nitrogen and oxygen atoms in total. The van der Waals surface area contributed by atoms with E-state index in [9.17, 15) is 4.79 Å². The third-order valence-electron chi connectivity index (χ3n) is 4.16. The van der Waals surface area contributed by atoms with E-state index in [2.05, 4.69) is 16.3 Å². The zero-order valence-corrected chi connectivity index (χ0v) is 12.3. The Hall–Kier alpha value is -2.27. The van der Waals surface area contributed by atoms with Crippen molar-refractivity contribution in [3.05, 3.63) is 41.8 Å². The molecule has 2 aliphatic heterocycles. The Kier molecular flexibility index (Phi) is 3.35. The van der Waals surface area contributed by atoms with Crippen LogP contribution in [0, 0.1) is 0 Å². The van der Waals surface area contributed by atoms with Gasteiger partial charge in [0.05, 0.1) is 18.9 Å². The fourth-order valence-corrected chi connectivity index (χ4v) is 3.09. The number of hydrogen-bond donors (Lipinski definition) is 1. The molecule has 22 heavy (non-hydrogen) atoms. The van der Waals surface area contributed by atoms with Gasteiger partial charge in [-0.2, -0.15) is 0 Å². The highest BCUT2D eigenvalue weighted by Crippen LogP contribution is 2.31. The number of nitrogens with zero attached hydrogens (tertiary/aromatic N) is 1. The topological polar surface area (TPSA) is 54.7 Å². The second-order valence-corrected chi connectivity index (χ2v) is 5.62. The minimum Gasteiger partial charge on any atom is -0.454 e. The highest BCUT2D eigenvalue weighted by molar-refractivity contribution is 5.86. The largest absolute Gasteiger partial charge is 0.454 e. The summed E-state index contributed by atoms with van der Waals surface area (Å²) in [5, 5.41) is 4.07. The Balaban J connectivity index is 1.80. The molecule has 0 radical (unpaired) electrons. The Labute approximate surface area is 128 Å². The van der Waals surface area contributed by atoms with Gasteiger partial charge in [0.25, 0.3) is 0 Å². The number of benzene rings is 1. The third kappa shape index (κ3) is 2.37. The second kappa shape index (κ2) is 5.50. The zero-order chi connectivity index (χ0) is 14.9. The van der Waals surface area contributed by atoms with E-state index < -0.39 is 0 Å². The first kappa shape index (κ1) is 13.4. The van der Waals surface area contributed by atoms with Gasteiger partial charge in [-0.3, -0.25) is 4.79 Å². The molecular weight excluding hydrogens is 280 g/mol. The monoisotopic (exact) mass is 298 g/mol. The van der Waals surface area contributed by atoms with E-state index in [-0.39, 0.29) is 5.91 Å². The number of furan rings is 1. The van der Waals surface area contributed by atoms with Crippen molar-refractivity contribution in [1.29, 1.82) is 0 Å². The molecule has 2 aliphatic rings. The summed E-state index contributed by atoms with van der Waals surface area (Å²) >= 11 is 0. The number of carbonyl (C=O) groups is 1. The summed E-state index contributed by atoms with van der Waals surface area (Å²) < 4.78 is 11.5. The first-order chi connectivity index (χ1) is 10.8. The van der Waals surface area contributed by atoms with Crippen LogP contribution in [-0.2, 0) is 9.53 Å². The van der Waals surface area contributed by atoms with E-state index >= 15 is 0 Å². The molecule has 1 aromatic heterocycles. The minimum atomic E-state index is 0.0804. The summed E-state index contributed by atoms with van der Waals surface area (Å²) in [5.74, 6) is 0.900. The van der Waals surface area contributed by atoms with Gasteiger partial charge in [0.1, 0.15) is 5.58 Å². The van der Waals surface area contributed by atoms with Crippen molar-refractivity contribution in [3.8, 4) is 0 Å². The summed E-state index contributed by atoms with van der Waals surface area (Å²) in [7, 11) is 0. The Morgan fingerprint density at radius 3 is 2.68 bits per heavy atom. The lowest BCUT2D eigenvalue weighted by Crippen LogP contribution is -2.36. The predicted octanol–water partition coefficient (Wildman–Crippen LogP) is 2.34. The summed E-state index contributed by atoms with van der Waals surface area (Å²) in [6.07, 6.45) is 1.28. The van der Waals surface area contributed by atoms with Crippen LogP contribution in [-0.4, -0.2) is 37.1 Å². The quantitative estimate of drug-likeness (QED) is 0.924. The first-order valence-corrected chi connectivity index (χ1v) is 7.66. The van der Waals surface area contributed by atoms with Gasteiger partial charge >= 0.3 is 0 Å². The molecule has 2 saturated heterocycles. The Morgan fingerprint density at radius 1 is 1.14 bits per heavy atom. The lowest BCUT2D eigenvalue weighted by atomic mass is 10.1. The molecule has 0 bridgehead atoms. The number of para-hydroxylation sites is 1. The van der Waals surface area contributed by atoms with Gasteiger partial charge in [-0.15, -0.1) is 0 Å². The molecule has 2 fully saturated rings. The van der Waals surface area contributed by atoms with Crippen LogP contribution in [0.1, 0.15) is 18.6 Å². The van der Waals surface area contributed by atoms with Crippen molar-refractivity contribution in [1.82, 2.24) is 10.2 Å². The summed E-state index contributed by atoms with van der Waals surface area (Å²) in [4.78, 5) is 13.9. The Morgan fingerprint density at radius 2 is 1.95 bits per heavy atom. The SMILES string of the molecule is O=C1CC/C(=C(\c2cc3ccccc3o2)N2CCOCC2)N1. The van der Waals surface area contributed by atoms with Gasteiger partial charge in [-0.05, 0) is 18.6 Å². The molecule has 1 N–H and O–H groups in total. The lowest BCUT2D eigenvalue weighted by Gasteiger charge is -2.31. The molecule has 0 aliphatic carbocycles. The molecule has 0 unspecified atom stereocenters. The van der Waals surface area contributed by atoms with Crippen molar-refractivity contribution < 1.29 is 13.9 Å². The van der Waals surface area contributed by atoms with Crippen LogP contribution >= 0.6 is 0 Å². The summed E-state index contributed by atoms with van der Waals surface area (Å²) in [6, 6.07) is 10.0. The number of carbonyl (C=O) groups excluding carboxylic acids is 1. The van der Waals surface area contributed by atoms with Crippen molar-refractivity contribution in [2.24, 2.45) is 0 Å². The Bertz CT molecular complexity index is 708. The van der Waals surface area contributed by atoms with Crippen LogP contribution in [0.5, 0.6) is 0 Å². The molecule has 2 aromatic rings. The number of fused-ring (bicyclic) bond motifs is 1. The van der Waals surface area contributed by atoms with Crippen LogP contribution < -0.4 is 5.32 Å². The van der Waals surface area contributed by atoms with E-state index in [1.807, 2.05) is 24.3 Å². The molecule has 4 rings (SSSR count). The number of nitrogens with one attached hydrogen (secondary N) is 1. The number of ether oxygens (including phenoxy) is 1. The average Bonchev–Trinajstić information content (AvgIpc) is 3.15. The minimum absolute atomic E-state index is 0.0804. The average molecular weight is 298 g/mol. The first-order valence-electron chi connectivity index (χ1n) is 7.66. The van der Waals surface area contributed by atoms with E-state index in [1.54, 1.807) is 0 Å². The van der Waals surface area contributed by atoms with Gasteiger partial charge in [0.15, 0.2) is 5.76 Å². The van der Waals surface area contributed by atoms with Crippen molar-refractivity contribution >= 4 is 22.6 Å². The molecule has 1 aromatic carbocycles. The van der Waals surface area contributed by atoms with Gasteiger partial charge < -0.3 is 19.4 Å². The van der Waals surface area contributed by atoms with Crippen LogP contribution in [0.4, 0.5) is 0 Å². The van der Waals surface area contributed by atoms with Crippen molar-refractivity contribution in [2.75, 3.05) is 26.3 Å². The summed E-state index contributed by atoms with van der Waals surface area (Å²) in [6.45, 7) is 3.02. The zero-order valence-electron chi connectivity index (χ0n) is 12.3. The van der Waals surface area contributed by atoms with Crippen molar-refractivity contribution in [3.63, 3.8) is 0 Å². The van der Waals surface area contributed by atoms with Crippen LogP contribution in [0.15, 0.2) is 40.4 Å². The predicted molar refractivity (Wildman–Crippen MR) is 82.9 cm³/mol. The molecule has 0 saturated carbocycles. The maximum Gasteiger partial charge on any atom is 0.224 e. The molecule has 114 valence electrons. The second-order valence-electron chi connectivity index (χ2n) is 5.62. The smallest absolute Gasteiger partial charge is 0.224 e. The van der Waals surface area contributed by atoms with Crippen LogP contribution in [0.2, 0.25) is 0 Å². The van der Waals surface area contributed by atoms with Crippen LogP contribution in [0.3, 0.4) is 0 Å². The van der Waals surface area contributed by atoms with E-state index in [0.717, 1.165) is 47.6 Å². The number of morpholine rings is 1. The molecule has 3 heterocycles. The van der Waals surface area contributed by atoms with Gasteiger partial charge in [0.2, 0.25) is 5.91 Å². The van der Waals surface area contributed by atoms with E-state index in [0.29, 0.717) is 19.6 Å². The van der Waals surface area contributed by atoms with Gasteiger partial charge in [-0.25, -0.2) is 0 Å². The maximum absolute atomic E-state index is 11.6. The van der Waals surface area contributed by atoms with E-state index in [1.165, 1.54) is 0 Å². The standard InChI is InChI=1S/C17H18N2O3/c20-16-6-5-13(18-16)17(19-7-9-21-10-8-19)15-11-12-3-1-2-4-14(12)22-15/h1-4,11H,5-10H2,(H,18,20)/b17-13-. The van der Waals surface area contributed by atoms with Gasteiger partial charge in [-0.1, -0.05) is 18.2 Å².